The normalized spacial score (nSPS) is 10.2. The fourth-order valence-electron chi connectivity index (χ4n) is 0.911. The SMILES string of the molecule is Cc1ccccc1C(=O)[SH](=O)=O. The van der Waals surface area contributed by atoms with Gasteiger partial charge in [0.25, 0.3) is 5.12 Å². The van der Waals surface area contributed by atoms with Crippen molar-refractivity contribution in [2.45, 2.75) is 6.92 Å². The lowest BCUT2D eigenvalue weighted by molar-refractivity contribution is 0.108. The first kappa shape index (κ1) is 8.93. The lowest BCUT2D eigenvalue weighted by Gasteiger charge is -1.97. The summed E-state index contributed by atoms with van der Waals surface area (Å²) in [7, 11) is -2.99. The predicted molar refractivity (Wildman–Crippen MR) is 45.8 cm³/mol. The second-order valence-corrected chi connectivity index (χ2v) is 3.30. The van der Waals surface area contributed by atoms with Gasteiger partial charge in [0, 0.05) is 5.56 Å². The Bertz CT molecular complexity index is 372. The first-order chi connectivity index (χ1) is 5.63. The molecule has 0 N–H and O–H groups in total. The highest BCUT2D eigenvalue weighted by atomic mass is 32.2. The Labute approximate surface area is 72.0 Å². The van der Waals surface area contributed by atoms with Gasteiger partial charge in [-0.25, -0.2) is 8.42 Å². The van der Waals surface area contributed by atoms with Gasteiger partial charge in [-0.1, -0.05) is 24.3 Å². The number of aryl methyl sites for hydroxylation is 1. The number of thiol groups is 1. The molecule has 0 unspecified atom stereocenters. The van der Waals surface area contributed by atoms with E-state index in [4.69, 9.17) is 0 Å². The lowest BCUT2D eigenvalue weighted by Crippen LogP contribution is -2.02. The number of benzene rings is 1. The van der Waals surface area contributed by atoms with Gasteiger partial charge in [0.1, 0.15) is 0 Å². The van der Waals surface area contributed by atoms with Crippen LogP contribution in [-0.4, -0.2) is 13.5 Å². The average molecular weight is 184 g/mol. The molecule has 0 atom stereocenters. The molecular weight excluding hydrogens is 176 g/mol. The summed E-state index contributed by atoms with van der Waals surface area (Å²) >= 11 is 0. The molecule has 0 amide bonds. The third-order valence-corrected chi connectivity index (χ3v) is 2.11. The standard InChI is InChI=1S/C8H8O3S/c1-6-4-2-3-5-7(6)8(9)12(10)11/h2-5,12H,1H3. The first-order valence-corrected chi connectivity index (χ1v) is 4.55. The van der Waals surface area contributed by atoms with Crippen LogP contribution in [0.2, 0.25) is 0 Å². The number of carbonyl (C=O) groups is 1. The Morgan fingerprint density at radius 2 is 1.83 bits per heavy atom. The van der Waals surface area contributed by atoms with E-state index in [-0.39, 0.29) is 5.56 Å². The van der Waals surface area contributed by atoms with E-state index in [0.717, 1.165) is 0 Å². The summed E-state index contributed by atoms with van der Waals surface area (Å²) in [6.45, 7) is 1.70. The van der Waals surface area contributed by atoms with Gasteiger partial charge in [-0.05, 0) is 12.5 Å². The minimum Gasteiger partial charge on any atom is -0.276 e. The van der Waals surface area contributed by atoms with Gasteiger partial charge in [0.05, 0.1) is 0 Å². The van der Waals surface area contributed by atoms with Crippen LogP contribution in [0, 0.1) is 6.92 Å². The van der Waals surface area contributed by atoms with Crippen LogP contribution in [-0.2, 0) is 10.7 Å². The maximum atomic E-state index is 11.0. The van der Waals surface area contributed by atoms with E-state index in [9.17, 15) is 13.2 Å². The zero-order chi connectivity index (χ0) is 9.14. The van der Waals surface area contributed by atoms with Crippen molar-refractivity contribution in [2.75, 3.05) is 0 Å². The Morgan fingerprint density at radius 1 is 1.25 bits per heavy atom. The summed E-state index contributed by atoms with van der Waals surface area (Å²) < 4.78 is 20.7. The van der Waals surface area contributed by atoms with Crippen LogP contribution in [0.1, 0.15) is 15.9 Å². The molecule has 64 valence electrons. The molecular formula is C8H8O3S. The molecule has 12 heavy (non-hydrogen) atoms. The monoisotopic (exact) mass is 184 g/mol. The lowest BCUT2D eigenvalue weighted by atomic mass is 10.1. The molecule has 0 aliphatic carbocycles. The summed E-state index contributed by atoms with van der Waals surface area (Å²) in [5.41, 5.74) is 0.940. The van der Waals surface area contributed by atoms with Gasteiger partial charge < -0.3 is 0 Å². The van der Waals surface area contributed by atoms with Crippen molar-refractivity contribution >= 4 is 15.8 Å². The molecule has 1 aromatic carbocycles. The summed E-state index contributed by atoms with van der Waals surface area (Å²) in [6, 6.07) is 6.60. The molecule has 0 bridgehead atoms. The van der Waals surface area contributed by atoms with Crippen molar-refractivity contribution in [1.82, 2.24) is 0 Å². The molecule has 0 spiro atoms. The highest BCUT2D eigenvalue weighted by molar-refractivity contribution is 7.89. The third-order valence-electron chi connectivity index (χ3n) is 1.54. The minimum atomic E-state index is -2.99. The van der Waals surface area contributed by atoms with Crippen molar-refractivity contribution in [3.8, 4) is 0 Å². The van der Waals surface area contributed by atoms with E-state index in [1.54, 1.807) is 25.1 Å². The number of rotatable bonds is 1. The van der Waals surface area contributed by atoms with Crippen molar-refractivity contribution in [3.05, 3.63) is 35.4 Å². The van der Waals surface area contributed by atoms with Crippen LogP contribution >= 0.6 is 0 Å². The molecule has 0 radical (unpaired) electrons. The van der Waals surface area contributed by atoms with Crippen LogP contribution in [0.3, 0.4) is 0 Å². The molecule has 0 fully saturated rings. The smallest absolute Gasteiger partial charge is 0.274 e. The van der Waals surface area contributed by atoms with Gasteiger partial charge in [0.2, 0.25) is 10.7 Å². The van der Waals surface area contributed by atoms with E-state index in [1.807, 2.05) is 0 Å². The van der Waals surface area contributed by atoms with Crippen LogP contribution in [0.4, 0.5) is 0 Å². The van der Waals surface area contributed by atoms with Gasteiger partial charge in [0.15, 0.2) is 0 Å². The van der Waals surface area contributed by atoms with Crippen LogP contribution in [0.25, 0.3) is 0 Å². The van der Waals surface area contributed by atoms with E-state index in [1.165, 1.54) is 6.07 Å². The molecule has 0 saturated heterocycles. The van der Waals surface area contributed by atoms with Crippen molar-refractivity contribution in [3.63, 3.8) is 0 Å². The second kappa shape index (κ2) is 3.49. The fourth-order valence-corrected chi connectivity index (χ4v) is 1.36. The average Bonchev–Trinajstić information content (AvgIpc) is 2.04. The number of hydrogen-bond acceptors (Lipinski definition) is 3. The predicted octanol–water partition coefficient (Wildman–Crippen LogP) is 0.747. The van der Waals surface area contributed by atoms with Crippen LogP contribution in [0.15, 0.2) is 24.3 Å². The molecule has 0 aliphatic heterocycles. The molecule has 1 aromatic rings. The summed E-state index contributed by atoms with van der Waals surface area (Å²) in [5, 5.41) is -0.817. The summed E-state index contributed by atoms with van der Waals surface area (Å²) in [5.74, 6) is 0. The number of hydrogen-bond donors (Lipinski definition) is 1. The topological polar surface area (TPSA) is 51.2 Å². The molecule has 3 nitrogen and oxygen atoms in total. The summed E-state index contributed by atoms with van der Waals surface area (Å²) in [4.78, 5) is 11.0. The van der Waals surface area contributed by atoms with Gasteiger partial charge in [-0.15, -0.1) is 0 Å². The highest BCUT2D eigenvalue weighted by Crippen LogP contribution is 2.07. The van der Waals surface area contributed by atoms with Crippen LogP contribution in [0.5, 0.6) is 0 Å². The van der Waals surface area contributed by atoms with Crippen LogP contribution < -0.4 is 0 Å². The van der Waals surface area contributed by atoms with Crippen molar-refractivity contribution in [1.29, 1.82) is 0 Å². The Balaban J connectivity index is 3.20. The van der Waals surface area contributed by atoms with E-state index >= 15 is 0 Å². The summed E-state index contributed by atoms with van der Waals surface area (Å²) in [6.07, 6.45) is 0. The molecule has 0 heterocycles. The Morgan fingerprint density at radius 3 is 2.33 bits per heavy atom. The Kier molecular flexibility index (Phi) is 2.60. The molecule has 0 aliphatic rings. The largest absolute Gasteiger partial charge is 0.276 e. The maximum absolute atomic E-state index is 11.0. The van der Waals surface area contributed by atoms with Crippen molar-refractivity contribution in [2.24, 2.45) is 0 Å². The van der Waals surface area contributed by atoms with Crippen molar-refractivity contribution < 1.29 is 13.2 Å². The fraction of sp³-hybridized carbons (Fsp3) is 0.125. The van der Waals surface area contributed by atoms with E-state index < -0.39 is 15.8 Å². The minimum absolute atomic E-state index is 0.258. The van der Waals surface area contributed by atoms with E-state index in [0.29, 0.717) is 5.56 Å². The van der Waals surface area contributed by atoms with Gasteiger partial charge >= 0.3 is 0 Å². The van der Waals surface area contributed by atoms with E-state index in [2.05, 4.69) is 0 Å². The molecule has 4 heteroatoms. The maximum Gasteiger partial charge on any atom is 0.274 e. The quantitative estimate of drug-likeness (QED) is 0.655. The molecule has 0 saturated carbocycles. The Hall–Kier alpha value is -1.16. The zero-order valence-corrected chi connectivity index (χ0v) is 7.38. The molecule has 1 rings (SSSR count). The second-order valence-electron chi connectivity index (χ2n) is 2.38. The third kappa shape index (κ3) is 1.71. The number of carbonyl (C=O) groups excluding carboxylic acids is 1. The first-order valence-electron chi connectivity index (χ1n) is 3.37. The molecule has 0 aromatic heterocycles. The zero-order valence-electron chi connectivity index (χ0n) is 6.48. The van der Waals surface area contributed by atoms with Gasteiger partial charge in [-0.3, -0.25) is 4.79 Å². The highest BCUT2D eigenvalue weighted by Gasteiger charge is 2.09. The van der Waals surface area contributed by atoms with Gasteiger partial charge in [-0.2, -0.15) is 0 Å².